The predicted molar refractivity (Wildman–Crippen MR) is 122 cm³/mol. The molecule has 5 rings (SSSR count). The van der Waals surface area contributed by atoms with Crippen LogP contribution in [-0.2, 0) is 16.6 Å². The zero-order valence-corrected chi connectivity index (χ0v) is 18.8. The highest BCUT2D eigenvalue weighted by Gasteiger charge is 2.44. The third kappa shape index (κ3) is 4.23. The van der Waals surface area contributed by atoms with Gasteiger partial charge in [0.2, 0.25) is 10.0 Å². The Morgan fingerprint density at radius 1 is 1.00 bits per heavy atom. The van der Waals surface area contributed by atoms with E-state index < -0.39 is 21.7 Å². The maximum Gasteiger partial charge on any atom is 0.255 e. The van der Waals surface area contributed by atoms with Crippen molar-refractivity contribution in [2.24, 2.45) is 0 Å². The number of fused-ring (bicyclic) bond motifs is 1. The standard InChI is InChI=1S/C23H22N2O5S2/c26-22(25-17-8-9-20-21(14-17)30-23(29-20)10-1-2-11-23)16-5-3-7-19(13-16)32(27,28)24-15-18-6-4-12-31-18/h3-9,12-14,24H,1-2,10-11,15H2,(H,25,26). The van der Waals surface area contributed by atoms with Crippen molar-refractivity contribution in [3.63, 3.8) is 0 Å². The Balaban J connectivity index is 1.29. The summed E-state index contributed by atoms with van der Waals surface area (Å²) in [5.41, 5.74) is 0.797. The van der Waals surface area contributed by atoms with E-state index in [1.807, 2.05) is 17.5 Å². The van der Waals surface area contributed by atoms with Crippen LogP contribution in [0.15, 0.2) is 64.9 Å². The van der Waals surface area contributed by atoms with E-state index >= 15 is 0 Å². The second-order valence-corrected chi connectivity index (χ2v) is 10.7. The number of nitrogens with one attached hydrogen (secondary N) is 2. The van der Waals surface area contributed by atoms with Gasteiger partial charge < -0.3 is 14.8 Å². The van der Waals surface area contributed by atoms with Gasteiger partial charge >= 0.3 is 0 Å². The fourth-order valence-corrected chi connectivity index (χ4v) is 5.75. The van der Waals surface area contributed by atoms with E-state index in [0.29, 0.717) is 17.2 Å². The lowest BCUT2D eigenvalue weighted by atomic mass is 10.2. The summed E-state index contributed by atoms with van der Waals surface area (Å²) in [7, 11) is -3.75. The summed E-state index contributed by atoms with van der Waals surface area (Å²) in [6.07, 6.45) is 3.84. The molecule has 2 aliphatic rings. The molecule has 1 amide bonds. The van der Waals surface area contributed by atoms with Crippen LogP contribution in [0.4, 0.5) is 5.69 Å². The normalized spacial score (nSPS) is 16.4. The Hall–Kier alpha value is -2.88. The Labute approximate surface area is 190 Å². The number of sulfonamides is 1. The van der Waals surface area contributed by atoms with E-state index in [2.05, 4.69) is 10.0 Å². The zero-order chi connectivity index (χ0) is 22.2. The van der Waals surface area contributed by atoms with Crippen molar-refractivity contribution in [2.75, 3.05) is 5.32 Å². The van der Waals surface area contributed by atoms with Gasteiger partial charge in [0.15, 0.2) is 11.5 Å². The van der Waals surface area contributed by atoms with E-state index in [4.69, 9.17) is 9.47 Å². The van der Waals surface area contributed by atoms with Crippen LogP contribution in [0.3, 0.4) is 0 Å². The van der Waals surface area contributed by atoms with Crippen molar-refractivity contribution < 1.29 is 22.7 Å². The van der Waals surface area contributed by atoms with Gasteiger partial charge in [0.05, 0.1) is 4.90 Å². The van der Waals surface area contributed by atoms with Crippen molar-refractivity contribution in [1.82, 2.24) is 4.72 Å². The van der Waals surface area contributed by atoms with Gasteiger partial charge in [-0.25, -0.2) is 13.1 Å². The fraction of sp³-hybridized carbons (Fsp3) is 0.261. The number of carbonyl (C=O) groups excluding carboxylic acids is 1. The van der Waals surface area contributed by atoms with E-state index in [0.717, 1.165) is 30.6 Å². The largest absolute Gasteiger partial charge is 0.448 e. The van der Waals surface area contributed by atoms with Crippen LogP contribution in [0.5, 0.6) is 11.5 Å². The molecule has 1 saturated carbocycles. The number of benzene rings is 2. The molecule has 1 aliphatic heterocycles. The van der Waals surface area contributed by atoms with Gasteiger partial charge in [0, 0.05) is 41.6 Å². The number of rotatable bonds is 6. The van der Waals surface area contributed by atoms with Crippen molar-refractivity contribution in [2.45, 2.75) is 42.9 Å². The van der Waals surface area contributed by atoms with Gasteiger partial charge in [-0.2, -0.15) is 0 Å². The Bertz CT molecular complexity index is 1250. The first-order valence-corrected chi connectivity index (χ1v) is 12.7. The highest BCUT2D eigenvalue weighted by Crippen LogP contribution is 2.47. The SMILES string of the molecule is O=C(Nc1ccc2c(c1)OC1(CCCC1)O2)c1cccc(S(=O)(=O)NCc2cccs2)c1. The molecule has 166 valence electrons. The van der Waals surface area contributed by atoms with Crippen LogP contribution in [0, 0.1) is 0 Å². The summed E-state index contributed by atoms with van der Waals surface area (Å²) in [6, 6.07) is 15.0. The summed E-state index contributed by atoms with van der Waals surface area (Å²) in [6.45, 7) is 0.203. The highest BCUT2D eigenvalue weighted by molar-refractivity contribution is 7.89. The fourth-order valence-electron chi connectivity index (χ4n) is 3.96. The minimum absolute atomic E-state index is 0.0376. The first-order valence-electron chi connectivity index (χ1n) is 10.4. The molecule has 7 nitrogen and oxygen atoms in total. The van der Waals surface area contributed by atoms with Crippen molar-refractivity contribution in [3.05, 3.63) is 70.4 Å². The van der Waals surface area contributed by atoms with E-state index in [9.17, 15) is 13.2 Å². The van der Waals surface area contributed by atoms with Crippen LogP contribution >= 0.6 is 11.3 Å². The molecular weight excluding hydrogens is 448 g/mol. The summed E-state index contributed by atoms with van der Waals surface area (Å²) in [5, 5.41) is 4.70. The molecule has 0 bridgehead atoms. The Morgan fingerprint density at radius 3 is 2.59 bits per heavy atom. The lowest BCUT2D eigenvalue weighted by Crippen LogP contribution is -2.34. The minimum Gasteiger partial charge on any atom is -0.448 e. The summed E-state index contributed by atoms with van der Waals surface area (Å²) < 4.78 is 39.9. The molecular formula is C23H22N2O5S2. The number of thiophene rings is 1. The van der Waals surface area contributed by atoms with E-state index in [1.165, 1.54) is 23.5 Å². The van der Waals surface area contributed by atoms with Gasteiger partial charge in [-0.1, -0.05) is 12.1 Å². The smallest absolute Gasteiger partial charge is 0.255 e. The molecule has 0 unspecified atom stereocenters. The molecule has 32 heavy (non-hydrogen) atoms. The van der Waals surface area contributed by atoms with E-state index in [1.54, 1.807) is 30.3 Å². The first kappa shape index (κ1) is 21.0. The van der Waals surface area contributed by atoms with Gasteiger partial charge in [-0.3, -0.25) is 4.79 Å². The quantitative estimate of drug-likeness (QED) is 0.552. The lowest BCUT2D eigenvalue weighted by Gasteiger charge is -2.21. The summed E-state index contributed by atoms with van der Waals surface area (Å²) >= 11 is 1.47. The second kappa shape index (κ2) is 8.23. The lowest BCUT2D eigenvalue weighted by molar-refractivity contribution is -0.0716. The first-order chi connectivity index (χ1) is 15.4. The molecule has 2 aromatic carbocycles. The average molecular weight is 471 g/mol. The molecule has 2 heterocycles. The number of carbonyl (C=O) groups is 1. The van der Waals surface area contributed by atoms with Gasteiger partial charge in [-0.05, 0) is 54.6 Å². The highest BCUT2D eigenvalue weighted by atomic mass is 32.2. The Kier molecular flexibility index (Phi) is 5.40. The van der Waals surface area contributed by atoms with Crippen LogP contribution in [-0.4, -0.2) is 20.1 Å². The number of anilines is 1. The van der Waals surface area contributed by atoms with E-state index in [-0.39, 0.29) is 17.0 Å². The maximum atomic E-state index is 12.8. The second-order valence-electron chi connectivity index (χ2n) is 7.87. The molecule has 0 saturated heterocycles. The van der Waals surface area contributed by atoms with Crippen molar-refractivity contribution in [1.29, 1.82) is 0 Å². The predicted octanol–water partition coefficient (Wildman–Crippen LogP) is 4.52. The third-order valence-electron chi connectivity index (χ3n) is 5.58. The Morgan fingerprint density at radius 2 is 1.81 bits per heavy atom. The average Bonchev–Trinajstić information content (AvgIpc) is 3.54. The van der Waals surface area contributed by atoms with Gasteiger partial charge in [0.1, 0.15) is 0 Å². The van der Waals surface area contributed by atoms with Gasteiger partial charge in [-0.15, -0.1) is 11.3 Å². The van der Waals surface area contributed by atoms with Crippen molar-refractivity contribution in [3.8, 4) is 11.5 Å². The zero-order valence-electron chi connectivity index (χ0n) is 17.2. The van der Waals surface area contributed by atoms with Crippen LogP contribution in [0.1, 0.15) is 40.9 Å². The number of amides is 1. The van der Waals surface area contributed by atoms with Crippen LogP contribution < -0.4 is 19.5 Å². The molecule has 0 radical (unpaired) electrons. The molecule has 3 aromatic rings. The molecule has 9 heteroatoms. The molecule has 2 N–H and O–H groups in total. The van der Waals surface area contributed by atoms with Crippen LogP contribution in [0.25, 0.3) is 0 Å². The number of hydrogen-bond donors (Lipinski definition) is 2. The van der Waals surface area contributed by atoms with Gasteiger partial charge in [0.25, 0.3) is 11.7 Å². The molecule has 1 spiro atoms. The topological polar surface area (TPSA) is 93.7 Å². The molecule has 1 fully saturated rings. The molecule has 1 aromatic heterocycles. The summed E-state index contributed by atoms with van der Waals surface area (Å²) in [5.74, 6) is 0.312. The number of ether oxygens (including phenoxy) is 2. The van der Waals surface area contributed by atoms with Crippen LogP contribution in [0.2, 0.25) is 0 Å². The monoisotopic (exact) mass is 470 g/mol. The molecule has 1 aliphatic carbocycles. The number of hydrogen-bond acceptors (Lipinski definition) is 6. The molecule has 0 atom stereocenters. The maximum absolute atomic E-state index is 12.8. The minimum atomic E-state index is -3.75. The third-order valence-corrected chi connectivity index (χ3v) is 7.86. The van der Waals surface area contributed by atoms with Crippen molar-refractivity contribution >= 4 is 33.0 Å². The summed E-state index contributed by atoms with van der Waals surface area (Å²) in [4.78, 5) is 13.7.